The Morgan fingerprint density at radius 2 is 1.58 bits per heavy atom. The highest BCUT2D eigenvalue weighted by atomic mass is 35.5. The van der Waals surface area contributed by atoms with E-state index in [9.17, 15) is 8.78 Å². The summed E-state index contributed by atoms with van der Waals surface area (Å²) in [5.74, 6) is -1.03. The first-order valence-electron chi connectivity index (χ1n) is 6.97. The first kappa shape index (κ1) is 17.1. The number of halogens is 4. The minimum absolute atomic E-state index is 0.0784. The predicted molar refractivity (Wildman–Crippen MR) is 97.7 cm³/mol. The Morgan fingerprint density at radius 3 is 2.33 bits per heavy atom. The molecular weight excluding hydrogens is 371 g/mol. The molecule has 3 aromatic carbocycles. The Morgan fingerprint density at radius 1 is 0.833 bits per heavy atom. The topological polar surface area (TPSA) is 12.0 Å². The molecule has 1 nitrogen and oxygen atoms in total. The van der Waals surface area contributed by atoms with Crippen LogP contribution in [0.3, 0.4) is 0 Å². The van der Waals surface area contributed by atoms with E-state index in [0.717, 1.165) is 23.1 Å². The van der Waals surface area contributed by atoms with E-state index in [1.54, 1.807) is 12.1 Å². The normalized spacial score (nSPS) is 10.7. The highest BCUT2D eigenvalue weighted by molar-refractivity contribution is 8.00. The van der Waals surface area contributed by atoms with Crippen LogP contribution < -0.4 is 4.72 Å². The molecule has 0 amide bonds. The van der Waals surface area contributed by atoms with Gasteiger partial charge in [0.15, 0.2) is 5.82 Å². The lowest BCUT2D eigenvalue weighted by atomic mass is 10.1. The maximum Gasteiger partial charge on any atom is 0.157 e. The summed E-state index contributed by atoms with van der Waals surface area (Å²) in [4.78, 5) is 0.192. The third kappa shape index (κ3) is 3.83. The summed E-state index contributed by atoms with van der Waals surface area (Å²) < 4.78 is 30.8. The third-order valence-corrected chi connectivity index (χ3v) is 4.64. The van der Waals surface area contributed by atoms with Crippen molar-refractivity contribution in [2.75, 3.05) is 4.72 Å². The fraction of sp³-hybridized carbons (Fsp3) is 0. The van der Waals surface area contributed by atoms with Gasteiger partial charge in [-0.15, -0.1) is 0 Å². The number of anilines is 1. The summed E-state index contributed by atoms with van der Waals surface area (Å²) in [6.07, 6.45) is 0. The second-order valence-electron chi connectivity index (χ2n) is 4.96. The van der Waals surface area contributed by atoms with E-state index < -0.39 is 11.6 Å². The van der Waals surface area contributed by atoms with Crippen molar-refractivity contribution in [1.29, 1.82) is 0 Å². The van der Waals surface area contributed by atoms with Gasteiger partial charge in [-0.3, -0.25) is 0 Å². The summed E-state index contributed by atoms with van der Waals surface area (Å²) in [5, 5.41) is 0.231. The van der Waals surface area contributed by atoms with Crippen LogP contribution in [-0.4, -0.2) is 0 Å². The van der Waals surface area contributed by atoms with Crippen LogP contribution in [0.2, 0.25) is 10.0 Å². The second-order valence-corrected chi connectivity index (χ2v) is 6.66. The fourth-order valence-electron chi connectivity index (χ4n) is 2.13. The lowest BCUT2D eigenvalue weighted by molar-refractivity contribution is 0.602. The van der Waals surface area contributed by atoms with Gasteiger partial charge in [0.2, 0.25) is 0 Å². The molecule has 24 heavy (non-hydrogen) atoms. The molecule has 1 N–H and O–H groups in total. The number of nitrogens with one attached hydrogen (secondary N) is 1. The molecular formula is C18H11Cl2F2NS. The minimum atomic E-state index is -0.599. The van der Waals surface area contributed by atoms with E-state index in [2.05, 4.69) is 4.72 Å². The molecule has 0 radical (unpaired) electrons. The van der Waals surface area contributed by atoms with Gasteiger partial charge in [-0.1, -0.05) is 59.6 Å². The highest BCUT2D eigenvalue weighted by Crippen LogP contribution is 2.33. The monoisotopic (exact) mass is 381 g/mol. The first-order valence-corrected chi connectivity index (χ1v) is 8.54. The van der Waals surface area contributed by atoms with E-state index in [-0.39, 0.29) is 15.6 Å². The lowest BCUT2D eigenvalue weighted by Crippen LogP contribution is -1.94. The smallest absolute Gasteiger partial charge is 0.157 e. The summed E-state index contributed by atoms with van der Waals surface area (Å²) in [5.41, 5.74) is 2.06. The van der Waals surface area contributed by atoms with Crippen LogP contribution in [0.15, 0.2) is 65.6 Å². The van der Waals surface area contributed by atoms with Crippen LogP contribution in [0, 0.1) is 11.6 Å². The van der Waals surface area contributed by atoms with Gasteiger partial charge in [0.05, 0.1) is 15.6 Å². The zero-order valence-corrected chi connectivity index (χ0v) is 14.5. The Kier molecular flexibility index (Phi) is 5.29. The molecule has 6 heteroatoms. The van der Waals surface area contributed by atoms with Crippen LogP contribution in [0.5, 0.6) is 0 Å². The maximum atomic E-state index is 14.0. The molecule has 0 aliphatic carbocycles. The van der Waals surface area contributed by atoms with Crippen LogP contribution >= 0.6 is 35.1 Å². The molecule has 122 valence electrons. The van der Waals surface area contributed by atoms with E-state index in [1.165, 1.54) is 18.2 Å². The number of rotatable bonds is 4. The van der Waals surface area contributed by atoms with Crippen molar-refractivity contribution in [2.45, 2.75) is 4.90 Å². The van der Waals surface area contributed by atoms with Crippen molar-refractivity contribution in [2.24, 2.45) is 0 Å². The zero-order chi connectivity index (χ0) is 17.1. The lowest BCUT2D eigenvalue weighted by Gasteiger charge is -2.10. The minimum Gasteiger partial charge on any atom is -0.323 e. The van der Waals surface area contributed by atoms with Crippen molar-refractivity contribution in [3.05, 3.63) is 82.3 Å². The van der Waals surface area contributed by atoms with E-state index in [0.29, 0.717) is 5.02 Å². The fourth-order valence-corrected chi connectivity index (χ4v) is 3.51. The number of hydrogen-bond donors (Lipinski definition) is 1. The van der Waals surface area contributed by atoms with Gasteiger partial charge in [-0.2, -0.15) is 0 Å². The van der Waals surface area contributed by atoms with E-state index >= 15 is 0 Å². The zero-order valence-electron chi connectivity index (χ0n) is 12.2. The Hall–Kier alpha value is -1.75. The molecule has 0 fully saturated rings. The SMILES string of the molecule is Fc1ccc(-c2ccccc2)cc1NSc1cc(Cl)cc(Cl)c1F. The average Bonchev–Trinajstić information content (AvgIpc) is 2.59. The molecule has 0 saturated heterocycles. The standard InChI is InChI=1S/C18H11Cl2F2NS/c19-13-9-14(20)18(22)17(10-13)24-23-16-8-12(6-7-15(16)21)11-4-2-1-3-5-11/h1-10,23H. The second kappa shape index (κ2) is 7.43. The van der Waals surface area contributed by atoms with E-state index in [1.807, 2.05) is 30.3 Å². The summed E-state index contributed by atoms with van der Waals surface area (Å²) in [6, 6.07) is 17.1. The molecule has 0 aromatic heterocycles. The van der Waals surface area contributed by atoms with Gasteiger partial charge in [0.25, 0.3) is 0 Å². The summed E-state index contributed by atoms with van der Waals surface area (Å²) in [6.45, 7) is 0. The molecule has 0 saturated carbocycles. The number of hydrogen-bond acceptors (Lipinski definition) is 2. The molecule has 0 spiro atoms. The van der Waals surface area contributed by atoms with Crippen molar-refractivity contribution in [3.8, 4) is 11.1 Å². The van der Waals surface area contributed by atoms with E-state index in [4.69, 9.17) is 23.2 Å². The van der Waals surface area contributed by atoms with Gasteiger partial charge in [0.1, 0.15) is 5.82 Å². The maximum absolute atomic E-state index is 14.0. The van der Waals surface area contributed by atoms with Crippen molar-refractivity contribution in [3.63, 3.8) is 0 Å². The molecule has 0 aliphatic rings. The largest absolute Gasteiger partial charge is 0.323 e. The van der Waals surface area contributed by atoms with Gasteiger partial charge in [0, 0.05) is 5.02 Å². The van der Waals surface area contributed by atoms with Crippen LogP contribution in [0.4, 0.5) is 14.5 Å². The molecule has 0 unspecified atom stereocenters. The molecule has 3 aromatic rings. The predicted octanol–water partition coefficient (Wildman–Crippen LogP) is 7.06. The molecule has 0 aliphatic heterocycles. The van der Waals surface area contributed by atoms with Crippen LogP contribution in [-0.2, 0) is 0 Å². The Labute approximate surface area is 152 Å². The average molecular weight is 382 g/mol. The van der Waals surface area contributed by atoms with Crippen LogP contribution in [0.25, 0.3) is 11.1 Å². The first-order chi connectivity index (χ1) is 11.5. The molecule has 0 bridgehead atoms. The van der Waals surface area contributed by atoms with Gasteiger partial charge >= 0.3 is 0 Å². The van der Waals surface area contributed by atoms with Crippen molar-refractivity contribution >= 4 is 40.8 Å². The van der Waals surface area contributed by atoms with Gasteiger partial charge in [-0.05, 0) is 47.3 Å². The third-order valence-electron chi connectivity index (χ3n) is 3.30. The Bertz CT molecular complexity index is 872. The summed E-state index contributed by atoms with van der Waals surface area (Å²) in [7, 11) is 0. The Balaban J connectivity index is 1.86. The van der Waals surface area contributed by atoms with Crippen molar-refractivity contribution < 1.29 is 8.78 Å². The molecule has 3 rings (SSSR count). The quantitative estimate of drug-likeness (QED) is 0.383. The highest BCUT2D eigenvalue weighted by Gasteiger charge is 2.11. The summed E-state index contributed by atoms with van der Waals surface area (Å²) >= 11 is 12.5. The molecule has 0 heterocycles. The van der Waals surface area contributed by atoms with Gasteiger partial charge in [-0.25, -0.2) is 8.78 Å². The number of benzene rings is 3. The molecule has 0 atom stereocenters. The van der Waals surface area contributed by atoms with Crippen molar-refractivity contribution in [1.82, 2.24) is 0 Å². The van der Waals surface area contributed by atoms with Gasteiger partial charge < -0.3 is 4.72 Å². The van der Waals surface area contributed by atoms with Crippen LogP contribution in [0.1, 0.15) is 0 Å².